The maximum atomic E-state index is 6.07. The van der Waals surface area contributed by atoms with Crippen LogP contribution in [0.25, 0.3) is 0 Å². The Kier molecular flexibility index (Phi) is 2.51. The van der Waals surface area contributed by atoms with Gasteiger partial charge in [-0.15, -0.1) is 0 Å². The fourth-order valence-electron chi connectivity index (χ4n) is 1.65. The Bertz CT molecular complexity index is 297. The van der Waals surface area contributed by atoms with Crippen molar-refractivity contribution in [3.05, 3.63) is 29.0 Å². The van der Waals surface area contributed by atoms with E-state index in [9.17, 15) is 0 Å². The Morgan fingerprint density at radius 2 is 2.38 bits per heavy atom. The molecule has 1 saturated carbocycles. The predicted octanol–water partition coefficient (Wildman–Crippen LogP) is 2.41. The normalized spacial score (nSPS) is 18.6. The molecule has 0 bridgehead atoms. The lowest BCUT2D eigenvalue weighted by Gasteiger charge is -2.15. The molecule has 0 aromatic carbocycles. The van der Waals surface area contributed by atoms with Crippen molar-refractivity contribution in [1.29, 1.82) is 0 Å². The van der Waals surface area contributed by atoms with Crippen molar-refractivity contribution in [2.24, 2.45) is 5.92 Å². The molecule has 1 atom stereocenters. The van der Waals surface area contributed by atoms with Crippen molar-refractivity contribution in [2.45, 2.75) is 18.9 Å². The molecule has 3 heteroatoms. The summed E-state index contributed by atoms with van der Waals surface area (Å²) in [6.07, 6.45) is 4.38. The van der Waals surface area contributed by atoms with Crippen LogP contribution in [0.5, 0.6) is 0 Å². The van der Waals surface area contributed by atoms with Crippen LogP contribution in [0.3, 0.4) is 0 Å². The van der Waals surface area contributed by atoms with Gasteiger partial charge in [0.25, 0.3) is 0 Å². The van der Waals surface area contributed by atoms with E-state index in [1.165, 1.54) is 12.8 Å². The summed E-state index contributed by atoms with van der Waals surface area (Å²) < 4.78 is 0. The molecule has 70 valence electrons. The fourth-order valence-corrected chi connectivity index (χ4v) is 1.89. The van der Waals surface area contributed by atoms with E-state index in [0.29, 0.717) is 6.04 Å². The van der Waals surface area contributed by atoms with Crippen LogP contribution in [0, 0.1) is 5.92 Å². The zero-order valence-corrected chi connectivity index (χ0v) is 8.38. The molecular weight excluding hydrogens is 184 g/mol. The molecule has 1 aliphatic rings. The number of rotatable bonds is 3. The number of halogens is 1. The zero-order valence-electron chi connectivity index (χ0n) is 7.63. The molecule has 0 spiro atoms. The number of aromatic nitrogens is 1. The number of hydrogen-bond donors (Lipinski definition) is 1. The smallest absolute Gasteiger partial charge is 0.0761 e. The molecule has 1 aromatic heterocycles. The van der Waals surface area contributed by atoms with Crippen LogP contribution in [0.4, 0.5) is 0 Å². The minimum absolute atomic E-state index is 0.341. The summed E-state index contributed by atoms with van der Waals surface area (Å²) in [5.41, 5.74) is 0.995. The highest BCUT2D eigenvalue weighted by atomic mass is 35.5. The predicted molar refractivity (Wildman–Crippen MR) is 53.8 cm³/mol. The van der Waals surface area contributed by atoms with Crippen molar-refractivity contribution in [1.82, 2.24) is 10.3 Å². The number of hydrogen-bond acceptors (Lipinski definition) is 2. The van der Waals surface area contributed by atoms with Gasteiger partial charge in [-0.25, -0.2) is 0 Å². The first-order chi connectivity index (χ1) is 6.33. The number of nitrogens with one attached hydrogen (secondary N) is 1. The highest BCUT2D eigenvalue weighted by Gasteiger charge is 2.32. The number of nitrogens with zero attached hydrogens (tertiary/aromatic N) is 1. The second-order valence-electron chi connectivity index (χ2n) is 3.47. The monoisotopic (exact) mass is 196 g/mol. The molecule has 1 aromatic rings. The van der Waals surface area contributed by atoms with Gasteiger partial charge < -0.3 is 5.32 Å². The van der Waals surface area contributed by atoms with Crippen LogP contribution >= 0.6 is 11.6 Å². The maximum absolute atomic E-state index is 6.07. The topological polar surface area (TPSA) is 24.9 Å². The lowest BCUT2D eigenvalue weighted by atomic mass is 10.1. The average molecular weight is 197 g/mol. The van der Waals surface area contributed by atoms with Gasteiger partial charge in [-0.3, -0.25) is 4.98 Å². The van der Waals surface area contributed by atoms with E-state index in [4.69, 9.17) is 11.6 Å². The summed E-state index contributed by atoms with van der Waals surface area (Å²) in [5, 5.41) is 4.05. The van der Waals surface area contributed by atoms with Gasteiger partial charge in [-0.2, -0.15) is 0 Å². The van der Waals surface area contributed by atoms with E-state index in [0.717, 1.165) is 16.6 Å². The Morgan fingerprint density at radius 1 is 1.62 bits per heavy atom. The Hall–Kier alpha value is -0.600. The van der Waals surface area contributed by atoms with Gasteiger partial charge >= 0.3 is 0 Å². The van der Waals surface area contributed by atoms with Crippen LogP contribution in [-0.2, 0) is 0 Å². The minimum atomic E-state index is 0.341. The third-order valence-electron chi connectivity index (χ3n) is 2.49. The van der Waals surface area contributed by atoms with E-state index in [-0.39, 0.29) is 0 Å². The molecule has 1 heterocycles. The first kappa shape index (κ1) is 8.97. The van der Waals surface area contributed by atoms with E-state index >= 15 is 0 Å². The molecule has 0 radical (unpaired) electrons. The summed E-state index contributed by atoms with van der Waals surface area (Å²) >= 11 is 6.07. The zero-order chi connectivity index (χ0) is 9.26. The third-order valence-corrected chi connectivity index (χ3v) is 2.81. The van der Waals surface area contributed by atoms with Crippen LogP contribution in [0.1, 0.15) is 24.6 Å². The summed E-state index contributed by atoms with van der Waals surface area (Å²) in [5.74, 6) is 0.734. The molecule has 1 N–H and O–H groups in total. The SMILES string of the molecule is CNC(c1ncccc1Cl)C1CC1. The van der Waals surface area contributed by atoms with E-state index < -0.39 is 0 Å². The quantitative estimate of drug-likeness (QED) is 0.803. The standard InChI is InChI=1S/C10H13ClN2/c1-12-9(7-4-5-7)10-8(11)3-2-6-13-10/h2-3,6-7,9,12H,4-5H2,1H3. The van der Waals surface area contributed by atoms with Gasteiger partial charge in [-0.1, -0.05) is 11.6 Å². The van der Waals surface area contributed by atoms with E-state index in [1.807, 2.05) is 19.2 Å². The Balaban J connectivity index is 2.26. The van der Waals surface area contributed by atoms with Crippen molar-refractivity contribution in [2.75, 3.05) is 7.05 Å². The molecule has 1 aliphatic carbocycles. The van der Waals surface area contributed by atoms with Crippen LogP contribution in [0.2, 0.25) is 5.02 Å². The molecule has 2 rings (SSSR count). The second kappa shape index (κ2) is 3.64. The molecule has 0 saturated heterocycles. The summed E-state index contributed by atoms with van der Waals surface area (Å²) in [6.45, 7) is 0. The van der Waals surface area contributed by atoms with Gasteiger partial charge in [-0.05, 0) is 37.9 Å². The summed E-state index contributed by atoms with van der Waals surface area (Å²) in [6, 6.07) is 4.11. The van der Waals surface area contributed by atoms with Crippen molar-refractivity contribution < 1.29 is 0 Å². The van der Waals surface area contributed by atoms with Gasteiger partial charge in [0, 0.05) is 6.20 Å². The van der Waals surface area contributed by atoms with Crippen LogP contribution < -0.4 is 5.32 Å². The van der Waals surface area contributed by atoms with Crippen molar-refractivity contribution >= 4 is 11.6 Å². The van der Waals surface area contributed by atoms with Crippen LogP contribution in [-0.4, -0.2) is 12.0 Å². The van der Waals surface area contributed by atoms with Gasteiger partial charge in [0.1, 0.15) is 0 Å². The Morgan fingerprint density at radius 3 is 2.92 bits per heavy atom. The second-order valence-corrected chi connectivity index (χ2v) is 3.88. The first-order valence-electron chi connectivity index (χ1n) is 4.60. The van der Waals surface area contributed by atoms with Crippen molar-refractivity contribution in [3.8, 4) is 0 Å². The largest absolute Gasteiger partial charge is 0.311 e. The highest BCUT2D eigenvalue weighted by molar-refractivity contribution is 6.31. The minimum Gasteiger partial charge on any atom is -0.311 e. The molecule has 1 unspecified atom stereocenters. The first-order valence-corrected chi connectivity index (χ1v) is 4.98. The van der Waals surface area contributed by atoms with Crippen LogP contribution in [0.15, 0.2) is 18.3 Å². The molecule has 1 fully saturated rings. The maximum Gasteiger partial charge on any atom is 0.0761 e. The molecular formula is C10H13ClN2. The lowest BCUT2D eigenvalue weighted by molar-refractivity contribution is 0.516. The fraction of sp³-hybridized carbons (Fsp3) is 0.500. The highest BCUT2D eigenvalue weighted by Crippen LogP contribution is 2.41. The van der Waals surface area contributed by atoms with E-state index in [1.54, 1.807) is 6.20 Å². The van der Waals surface area contributed by atoms with E-state index in [2.05, 4.69) is 10.3 Å². The lowest BCUT2D eigenvalue weighted by Crippen LogP contribution is -2.19. The molecule has 2 nitrogen and oxygen atoms in total. The Labute approximate surface area is 83.3 Å². The third kappa shape index (κ3) is 1.84. The van der Waals surface area contributed by atoms with Crippen molar-refractivity contribution in [3.63, 3.8) is 0 Å². The van der Waals surface area contributed by atoms with Gasteiger partial charge in [0.2, 0.25) is 0 Å². The molecule has 13 heavy (non-hydrogen) atoms. The van der Waals surface area contributed by atoms with Gasteiger partial charge in [0.15, 0.2) is 0 Å². The van der Waals surface area contributed by atoms with Gasteiger partial charge in [0.05, 0.1) is 16.8 Å². The molecule has 0 amide bonds. The molecule has 0 aliphatic heterocycles. The number of pyridine rings is 1. The summed E-state index contributed by atoms with van der Waals surface area (Å²) in [4.78, 5) is 4.32. The average Bonchev–Trinajstić information content (AvgIpc) is 2.93. The summed E-state index contributed by atoms with van der Waals surface area (Å²) in [7, 11) is 1.97.